The molecule has 1 saturated heterocycles. The van der Waals surface area contributed by atoms with E-state index < -0.39 is 17.7 Å². The predicted octanol–water partition coefficient (Wildman–Crippen LogP) is 2.66. The molecular formula is C22H23FN2O4. The number of halogens is 1. The van der Waals surface area contributed by atoms with Crippen LogP contribution >= 0.6 is 0 Å². The molecule has 1 heterocycles. The van der Waals surface area contributed by atoms with Crippen molar-refractivity contribution in [3.63, 3.8) is 0 Å². The van der Waals surface area contributed by atoms with E-state index in [2.05, 4.69) is 5.32 Å². The molecule has 0 bridgehead atoms. The normalized spacial score (nSPS) is 17.4. The summed E-state index contributed by atoms with van der Waals surface area (Å²) >= 11 is 0. The first kappa shape index (κ1) is 20.5. The van der Waals surface area contributed by atoms with Gasteiger partial charge in [-0.15, -0.1) is 0 Å². The second-order valence-electron chi connectivity index (χ2n) is 7.14. The van der Waals surface area contributed by atoms with Crippen LogP contribution in [0.25, 0.3) is 0 Å². The number of carboxylic acids is 1. The molecule has 2 unspecified atom stereocenters. The standard InChI is InChI=1S/C22H23FN2O4/c23-18-10-8-15(9-11-18)19(22(28)29)13-24-20(26)17-7-4-12-25(14-17)21(27)16-5-2-1-3-6-16/h1-3,5-6,8-11,17,19H,4,7,12-14H2,(H,24,26)(H,28,29). The maximum absolute atomic E-state index is 13.1. The minimum atomic E-state index is -1.10. The molecule has 2 amide bonds. The lowest BCUT2D eigenvalue weighted by atomic mass is 9.95. The zero-order valence-electron chi connectivity index (χ0n) is 15.9. The number of piperidine rings is 1. The molecule has 152 valence electrons. The summed E-state index contributed by atoms with van der Waals surface area (Å²) in [5, 5.41) is 12.2. The average molecular weight is 398 g/mol. The number of carbonyl (C=O) groups is 3. The first-order chi connectivity index (χ1) is 14.0. The van der Waals surface area contributed by atoms with E-state index in [1.807, 2.05) is 6.07 Å². The Hall–Kier alpha value is -3.22. The summed E-state index contributed by atoms with van der Waals surface area (Å²) in [6, 6.07) is 14.1. The summed E-state index contributed by atoms with van der Waals surface area (Å²) in [6.45, 7) is 0.793. The molecule has 0 spiro atoms. The van der Waals surface area contributed by atoms with Crippen LogP contribution in [-0.4, -0.2) is 47.4 Å². The molecule has 2 N–H and O–H groups in total. The maximum atomic E-state index is 13.1. The second-order valence-corrected chi connectivity index (χ2v) is 7.14. The Kier molecular flexibility index (Phi) is 6.59. The molecule has 2 aromatic carbocycles. The lowest BCUT2D eigenvalue weighted by Crippen LogP contribution is -2.46. The van der Waals surface area contributed by atoms with E-state index in [0.29, 0.717) is 37.1 Å². The van der Waals surface area contributed by atoms with E-state index in [1.54, 1.807) is 29.2 Å². The van der Waals surface area contributed by atoms with Crippen LogP contribution in [0.15, 0.2) is 54.6 Å². The van der Waals surface area contributed by atoms with Gasteiger partial charge in [0, 0.05) is 25.2 Å². The molecule has 0 aromatic heterocycles. The zero-order valence-corrected chi connectivity index (χ0v) is 15.9. The number of amides is 2. The molecule has 3 rings (SSSR count). The molecule has 0 saturated carbocycles. The van der Waals surface area contributed by atoms with Crippen LogP contribution in [0.4, 0.5) is 4.39 Å². The number of likely N-dealkylation sites (tertiary alicyclic amines) is 1. The van der Waals surface area contributed by atoms with E-state index in [-0.39, 0.29) is 24.3 Å². The number of hydrogen-bond acceptors (Lipinski definition) is 3. The maximum Gasteiger partial charge on any atom is 0.312 e. The van der Waals surface area contributed by atoms with Gasteiger partial charge in [-0.3, -0.25) is 14.4 Å². The fourth-order valence-corrected chi connectivity index (χ4v) is 3.53. The van der Waals surface area contributed by atoms with Crippen molar-refractivity contribution in [2.45, 2.75) is 18.8 Å². The van der Waals surface area contributed by atoms with E-state index in [1.165, 1.54) is 24.3 Å². The van der Waals surface area contributed by atoms with Crippen LogP contribution in [0.3, 0.4) is 0 Å². The number of hydrogen-bond donors (Lipinski definition) is 2. The SMILES string of the molecule is O=C(NCC(C(=O)O)c1ccc(F)cc1)C1CCCN(C(=O)c2ccccc2)C1. The van der Waals surface area contributed by atoms with E-state index >= 15 is 0 Å². The van der Waals surface area contributed by atoms with Crippen LogP contribution in [-0.2, 0) is 9.59 Å². The van der Waals surface area contributed by atoms with Gasteiger partial charge in [-0.2, -0.15) is 0 Å². The Bertz CT molecular complexity index is 870. The smallest absolute Gasteiger partial charge is 0.312 e. The van der Waals surface area contributed by atoms with E-state index in [0.717, 1.165) is 0 Å². The number of nitrogens with zero attached hydrogens (tertiary/aromatic N) is 1. The molecule has 1 aliphatic heterocycles. The Morgan fingerprint density at radius 2 is 1.79 bits per heavy atom. The lowest BCUT2D eigenvalue weighted by molar-refractivity contribution is -0.138. The molecule has 1 fully saturated rings. The lowest BCUT2D eigenvalue weighted by Gasteiger charge is -2.32. The predicted molar refractivity (Wildman–Crippen MR) is 105 cm³/mol. The van der Waals surface area contributed by atoms with Gasteiger partial charge in [0.2, 0.25) is 5.91 Å². The Labute approximate surface area is 168 Å². The van der Waals surface area contributed by atoms with Crippen molar-refractivity contribution in [2.75, 3.05) is 19.6 Å². The van der Waals surface area contributed by atoms with Crippen LogP contribution in [0.1, 0.15) is 34.7 Å². The van der Waals surface area contributed by atoms with Gasteiger partial charge >= 0.3 is 5.97 Å². The Morgan fingerprint density at radius 3 is 2.45 bits per heavy atom. The highest BCUT2D eigenvalue weighted by Gasteiger charge is 2.30. The highest BCUT2D eigenvalue weighted by Crippen LogP contribution is 2.20. The van der Waals surface area contributed by atoms with Crippen LogP contribution in [0.5, 0.6) is 0 Å². The molecule has 0 radical (unpaired) electrons. The van der Waals surface area contributed by atoms with Crippen molar-refractivity contribution >= 4 is 17.8 Å². The van der Waals surface area contributed by atoms with Crippen molar-refractivity contribution in [3.05, 3.63) is 71.5 Å². The largest absolute Gasteiger partial charge is 0.481 e. The van der Waals surface area contributed by atoms with Crippen molar-refractivity contribution in [1.29, 1.82) is 0 Å². The van der Waals surface area contributed by atoms with Gasteiger partial charge in [0.1, 0.15) is 5.82 Å². The minimum Gasteiger partial charge on any atom is -0.481 e. The number of carbonyl (C=O) groups excluding carboxylic acids is 2. The Morgan fingerprint density at radius 1 is 1.10 bits per heavy atom. The third-order valence-electron chi connectivity index (χ3n) is 5.15. The topological polar surface area (TPSA) is 86.7 Å². The van der Waals surface area contributed by atoms with Gasteiger partial charge in [0.15, 0.2) is 0 Å². The summed E-state index contributed by atoms with van der Waals surface area (Å²) in [6.07, 6.45) is 1.34. The summed E-state index contributed by atoms with van der Waals surface area (Å²) in [5.74, 6) is -3.29. The van der Waals surface area contributed by atoms with Gasteiger partial charge in [-0.1, -0.05) is 30.3 Å². The molecule has 2 atom stereocenters. The highest BCUT2D eigenvalue weighted by atomic mass is 19.1. The number of aliphatic carboxylic acids is 1. The zero-order chi connectivity index (χ0) is 20.8. The van der Waals surface area contributed by atoms with Crippen molar-refractivity contribution in [1.82, 2.24) is 10.2 Å². The van der Waals surface area contributed by atoms with Gasteiger partial charge in [-0.05, 0) is 42.7 Å². The van der Waals surface area contributed by atoms with Crippen LogP contribution < -0.4 is 5.32 Å². The third kappa shape index (κ3) is 5.19. The van der Waals surface area contributed by atoms with Crippen molar-refractivity contribution in [2.24, 2.45) is 5.92 Å². The molecule has 1 aliphatic rings. The van der Waals surface area contributed by atoms with Crippen LogP contribution in [0, 0.1) is 11.7 Å². The van der Waals surface area contributed by atoms with Crippen molar-refractivity contribution < 1.29 is 23.9 Å². The number of carboxylic acid groups (broad SMARTS) is 1. The molecule has 0 aliphatic carbocycles. The quantitative estimate of drug-likeness (QED) is 0.783. The van der Waals surface area contributed by atoms with E-state index in [4.69, 9.17) is 0 Å². The number of nitrogens with one attached hydrogen (secondary N) is 1. The average Bonchev–Trinajstić information content (AvgIpc) is 2.75. The fraction of sp³-hybridized carbons (Fsp3) is 0.318. The summed E-state index contributed by atoms with van der Waals surface area (Å²) < 4.78 is 13.1. The van der Waals surface area contributed by atoms with Gasteiger partial charge in [0.25, 0.3) is 5.91 Å². The number of rotatable bonds is 6. The molecule has 29 heavy (non-hydrogen) atoms. The Balaban J connectivity index is 1.60. The summed E-state index contributed by atoms with van der Waals surface area (Å²) in [7, 11) is 0. The molecule has 6 nitrogen and oxygen atoms in total. The monoisotopic (exact) mass is 398 g/mol. The third-order valence-corrected chi connectivity index (χ3v) is 5.15. The van der Waals surface area contributed by atoms with Crippen molar-refractivity contribution in [3.8, 4) is 0 Å². The summed E-state index contributed by atoms with van der Waals surface area (Å²) in [5.41, 5.74) is 1.000. The van der Waals surface area contributed by atoms with Gasteiger partial charge in [-0.25, -0.2) is 4.39 Å². The summed E-state index contributed by atoms with van der Waals surface area (Å²) in [4.78, 5) is 38.5. The molecular weight excluding hydrogens is 375 g/mol. The molecule has 7 heteroatoms. The molecule has 2 aromatic rings. The second kappa shape index (κ2) is 9.32. The first-order valence-corrected chi connectivity index (χ1v) is 9.56. The fourth-order valence-electron chi connectivity index (χ4n) is 3.53. The van der Waals surface area contributed by atoms with Gasteiger partial charge in [0.05, 0.1) is 11.8 Å². The highest BCUT2D eigenvalue weighted by molar-refractivity contribution is 5.94. The first-order valence-electron chi connectivity index (χ1n) is 9.56. The van der Waals surface area contributed by atoms with Gasteiger partial charge < -0.3 is 15.3 Å². The van der Waals surface area contributed by atoms with Crippen LogP contribution in [0.2, 0.25) is 0 Å². The van der Waals surface area contributed by atoms with E-state index in [9.17, 15) is 23.9 Å². The minimum absolute atomic E-state index is 0.0943. The number of benzene rings is 2.